The minimum atomic E-state index is 0.361. The van der Waals surface area contributed by atoms with E-state index < -0.39 is 0 Å². The van der Waals surface area contributed by atoms with Crippen LogP contribution in [0.15, 0.2) is 36.4 Å². The molecule has 9 heteroatoms. The zero-order valence-corrected chi connectivity index (χ0v) is 17.9. The Kier molecular flexibility index (Phi) is 7.55. The van der Waals surface area contributed by atoms with Gasteiger partial charge in [-0.2, -0.15) is 0 Å². The number of tetrazole rings is 1. The average Bonchev–Trinajstić information content (AvgIpc) is 3.15. The molecule has 0 fully saturated rings. The van der Waals surface area contributed by atoms with E-state index in [-0.39, 0.29) is 0 Å². The molecule has 3 rings (SSSR count). The van der Waals surface area contributed by atoms with Crippen molar-refractivity contribution in [1.82, 2.24) is 20.2 Å². The Morgan fingerprint density at radius 2 is 1.83 bits per heavy atom. The first-order valence-corrected chi connectivity index (χ1v) is 10.2. The molecule has 0 amide bonds. The van der Waals surface area contributed by atoms with Crippen LogP contribution in [0.2, 0.25) is 10.0 Å². The van der Waals surface area contributed by atoms with Crippen LogP contribution in [-0.2, 0) is 19.7 Å². The van der Waals surface area contributed by atoms with Crippen molar-refractivity contribution in [2.24, 2.45) is 0 Å². The SMILES string of the molecule is CCCn1nnnc1NCc1cc(Cl)c(OCc2ccc(Cl)cc2)c(OCC)c1. The summed E-state index contributed by atoms with van der Waals surface area (Å²) in [5.74, 6) is 1.73. The average molecular weight is 436 g/mol. The fraction of sp³-hybridized carbons (Fsp3) is 0.350. The zero-order valence-electron chi connectivity index (χ0n) is 16.4. The third-order valence-electron chi connectivity index (χ3n) is 4.08. The molecule has 3 aromatic rings. The van der Waals surface area contributed by atoms with Crippen LogP contribution in [0, 0.1) is 0 Å². The fourth-order valence-electron chi connectivity index (χ4n) is 2.74. The van der Waals surface area contributed by atoms with Gasteiger partial charge in [-0.15, -0.1) is 0 Å². The van der Waals surface area contributed by atoms with Gasteiger partial charge in [-0.25, -0.2) is 4.68 Å². The molecule has 0 radical (unpaired) electrons. The fourth-order valence-corrected chi connectivity index (χ4v) is 3.15. The van der Waals surface area contributed by atoms with E-state index in [0.717, 1.165) is 24.1 Å². The lowest BCUT2D eigenvalue weighted by Gasteiger charge is -2.16. The molecule has 154 valence electrons. The smallest absolute Gasteiger partial charge is 0.243 e. The van der Waals surface area contributed by atoms with Gasteiger partial charge in [0.2, 0.25) is 5.95 Å². The highest BCUT2D eigenvalue weighted by Gasteiger charge is 2.14. The van der Waals surface area contributed by atoms with Crippen molar-refractivity contribution in [3.8, 4) is 11.5 Å². The molecule has 29 heavy (non-hydrogen) atoms. The molecule has 0 aliphatic rings. The first kappa shape index (κ1) is 21.2. The summed E-state index contributed by atoms with van der Waals surface area (Å²) in [5, 5.41) is 16.1. The summed E-state index contributed by atoms with van der Waals surface area (Å²) in [5.41, 5.74) is 1.92. The van der Waals surface area contributed by atoms with Crippen LogP contribution < -0.4 is 14.8 Å². The molecule has 0 bridgehead atoms. The monoisotopic (exact) mass is 435 g/mol. The van der Waals surface area contributed by atoms with Crippen LogP contribution in [0.25, 0.3) is 0 Å². The van der Waals surface area contributed by atoms with Crippen molar-refractivity contribution in [2.75, 3.05) is 11.9 Å². The van der Waals surface area contributed by atoms with Crippen LogP contribution in [0.1, 0.15) is 31.4 Å². The first-order valence-electron chi connectivity index (χ1n) is 9.43. The molecule has 0 saturated heterocycles. The minimum absolute atomic E-state index is 0.361. The van der Waals surface area contributed by atoms with E-state index in [1.54, 1.807) is 4.68 Å². The second kappa shape index (κ2) is 10.3. The van der Waals surface area contributed by atoms with Gasteiger partial charge in [0.05, 0.1) is 11.6 Å². The van der Waals surface area contributed by atoms with Gasteiger partial charge in [0.25, 0.3) is 0 Å². The molecule has 1 heterocycles. The van der Waals surface area contributed by atoms with Crippen molar-refractivity contribution in [3.63, 3.8) is 0 Å². The Bertz CT molecular complexity index is 931. The molecule has 0 saturated carbocycles. The Morgan fingerprint density at radius 3 is 2.55 bits per heavy atom. The maximum absolute atomic E-state index is 6.50. The standard InChI is InChI=1S/C20H23Cl2N5O2/c1-3-9-27-20(24-25-26-27)23-12-15-10-17(22)19(18(11-15)28-4-2)29-13-14-5-7-16(21)8-6-14/h5-8,10-11H,3-4,9,12-13H2,1-2H3,(H,23,24,26). The van der Waals surface area contributed by atoms with E-state index in [2.05, 4.69) is 27.8 Å². The van der Waals surface area contributed by atoms with E-state index in [1.165, 1.54) is 0 Å². The van der Waals surface area contributed by atoms with Gasteiger partial charge in [-0.05, 0) is 59.2 Å². The Balaban J connectivity index is 1.73. The molecule has 7 nitrogen and oxygen atoms in total. The lowest BCUT2D eigenvalue weighted by atomic mass is 10.2. The molecule has 0 spiro atoms. The van der Waals surface area contributed by atoms with Gasteiger partial charge < -0.3 is 14.8 Å². The number of aryl methyl sites for hydroxylation is 1. The number of hydrogen-bond donors (Lipinski definition) is 1. The number of anilines is 1. The summed E-state index contributed by atoms with van der Waals surface area (Å²) >= 11 is 12.4. The summed E-state index contributed by atoms with van der Waals surface area (Å²) in [6.45, 7) is 6.10. The van der Waals surface area contributed by atoms with Gasteiger partial charge in [0, 0.05) is 18.1 Å². The summed E-state index contributed by atoms with van der Waals surface area (Å²) in [6, 6.07) is 11.2. The highest BCUT2D eigenvalue weighted by Crippen LogP contribution is 2.37. The zero-order chi connectivity index (χ0) is 20.6. The second-order valence-electron chi connectivity index (χ2n) is 6.33. The molecule has 1 N–H and O–H groups in total. The Hall–Kier alpha value is -2.51. The lowest BCUT2D eigenvalue weighted by Crippen LogP contribution is -2.09. The minimum Gasteiger partial charge on any atom is -0.490 e. The third-order valence-corrected chi connectivity index (χ3v) is 4.62. The molecule has 0 aliphatic heterocycles. The number of benzene rings is 2. The maximum atomic E-state index is 6.50. The number of ether oxygens (including phenoxy) is 2. The van der Waals surface area contributed by atoms with Gasteiger partial charge in [-0.3, -0.25) is 0 Å². The summed E-state index contributed by atoms with van der Waals surface area (Å²) < 4.78 is 13.4. The molecular weight excluding hydrogens is 413 g/mol. The van der Waals surface area contributed by atoms with Crippen LogP contribution in [0.4, 0.5) is 5.95 Å². The Morgan fingerprint density at radius 1 is 1.03 bits per heavy atom. The predicted octanol–water partition coefficient (Wildman–Crippen LogP) is 4.98. The second-order valence-corrected chi connectivity index (χ2v) is 7.18. The highest BCUT2D eigenvalue weighted by molar-refractivity contribution is 6.32. The van der Waals surface area contributed by atoms with Crippen molar-refractivity contribution in [2.45, 2.75) is 40.0 Å². The van der Waals surface area contributed by atoms with Gasteiger partial charge in [-0.1, -0.05) is 47.4 Å². The quantitative estimate of drug-likeness (QED) is 0.483. The molecule has 0 aliphatic carbocycles. The van der Waals surface area contributed by atoms with E-state index >= 15 is 0 Å². The van der Waals surface area contributed by atoms with Crippen molar-refractivity contribution >= 4 is 29.2 Å². The number of nitrogens with one attached hydrogen (secondary N) is 1. The molecule has 0 atom stereocenters. The normalized spacial score (nSPS) is 10.8. The molecular formula is C20H23Cl2N5O2. The van der Waals surface area contributed by atoms with E-state index in [0.29, 0.717) is 47.3 Å². The molecule has 1 aromatic heterocycles. The van der Waals surface area contributed by atoms with Crippen molar-refractivity contribution < 1.29 is 9.47 Å². The van der Waals surface area contributed by atoms with Crippen LogP contribution >= 0.6 is 23.2 Å². The number of rotatable bonds is 10. The summed E-state index contributed by atoms with van der Waals surface area (Å²) in [6.07, 6.45) is 0.944. The third kappa shape index (κ3) is 5.74. The van der Waals surface area contributed by atoms with Gasteiger partial charge in [0.15, 0.2) is 11.5 Å². The van der Waals surface area contributed by atoms with E-state index in [1.807, 2.05) is 43.3 Å². The van der Waals surface area contributed by atoms with Gasteiger partial charge >= 0.3 is 0 Å². The lowest BCUT2D eigenvalue weighted by molar-refractivity contribution is 0.269. The molecule has 2 aromatic carbocycles. The predicted molar refractivity (Wildman–Crippen MR) is 114 cm³/mol. The molecule has 0 unspecified atom stereocenters. The van der Waals surface area contributed by atoms with E-state index in [4.69, 9.17) is 32.7 Å². The Labute approximate surface area is 179 Å². The summed E-state index contributed by atoms with van der Waals surface area (Å²) in [7, 11) is 0. The van der Waals surface area contributed by atoms with Gasteiger partial charge in [0.1, 0.15) is 6.61 Å². The highest BCUT2D eigenvalue weighted by atomic mass is 35.5. The van der Waals surface area contributed by atoms with Crippen molar-refractivity contribution in [1.29, 1.82) is 0 Å². The van der Waals surface area contributed by atoms with Crippen LogP contribution in [-0.4, -0.2) is 26.8 Å². The number of nitrogens with zero attached hydrogens (tertiary/aromatic N) is 4. The maximum Gasteiger partial charge on any atom is 0.243 e. The van der Waals surface area contributed by atoms with Crippen LogP contribution in [0.3, 0.4) is 0 Å². The largest absolute Gasteiger partial charge is 0.490 e. The number of hydrogen-bond acceptors (Lipinski definition) is 6. The van der Waals surface area contributed by atoms with Crippen molar-refractivity contribution in [3.05, 3.63) is 57.6 Å². The topological polar surface area (TPSA) is 74.1 Å². The number of halogens is 2. The number of aromatic nitrogens is 4. The summed E-state index contributed by atoms with van der Waals surface area (Å²) in [4.78, 5) is 0. The first-order chi connectivity index (χ1) is 14.1. The van der Waals surface area contributed by atoms with Crippen LogP contribution in [0.5, 0.6) is 11.5 Å². The van der Waals surface area contributed by atoms with E-state index in [9.17, 15) is 0 Å².